The minimum Gasteiger partial charge on any atom is -0.493 e. The Morgan fingerprint density at radius 1 is 1.07 bits per heavy atom. The van der Waals surface area contributed by atoms with E-state index in [1.807, 2.05) is 24.3 Å². The molecule has 0 unspecified atom stereocenters. The van der Waals surface area contributed by atoms with Gasteiger partial charge in [-0.15, -0.1) is 0 Å². The molecule has 0 atom stereocenters. The summed E-state index contributed by atoms with van der Waals surface area (Å²) in [6.45, 7) is 7.31. The normalized spacial score (nSPS) is 13.8. The molecular weight excluding hydrogens is 382 g/mol. The lowest BCUT2D eigenvalue weighted by Gasteiger charge is -2.26. The molecule has 0 aromatic heterocycles. The van der Waals surface area contributed by atoms with Gasteiger partial charge in [0.25, 0.3) is 5.91 Å². The molecule has 0 spiro atoms. The van der Waals surface area contributed by atoms with Gasteiger partial charge >= 0.3 is 0 Å². The number of hydrogen-bond donors (Lipinski definition) is 2. The molecule has 1 fully saturated rings. The largest absolute Gasteiger partial charge is 0.493 e. The molecule has 0 aliphatic carbocycles. The average molecular weight is 412 g/mol. The number of ether oxygens (including phenoxy) is 2. The maximum absolute atomic E-state index is 12.5. The van der Waals surface area contributed by atoms with Crippen LogP contribution in [0.25, 0.3) is 0 Å². The van der Waals surface area contributed by atoms with Crippen molar-refractivity contribution in [2.75, 3.05) is 50.1 Å². The summed E-state index contributed by atoms with van der Waals surface area (Å²) in [6, 6.07) is 14.5. The highest BCUT2D eigenvalue weighted by Gasteiger charge is 2.18. The fourth-order valence-electron chi connectivity index (χ4n) is 2.99. The highest BCUT2D eigenvalue weighted by atomic mass is 16.5. The Bertz CT molecular complexity index is 846. The van der Waals surface area contributed by atoms with Gasteiger partial charge in [-0.3, -0.25) is 9.59 Å². The molecule has 7 heteroatoms. The first-order valence-electron chi connectivity index (χ1n) is 10.2. The molecule has 1 aliphatic heterocycles. The standard InChI is InChI=1S/C23H29N3O4/c1-17(2)16-30-21-5-3-4-20(14-21)24-15-22(27)25-19-8-6-18(7-9-19)23(28)26-10-12-29-13-11-26/h3-9,14,17,24H,10-13,15-16H2,1-2H3,(H,25,27). The summed E-state index contributed by atoms with van der Waals surface area (Å²) in [7, 11) is 0. The van der Waals surface area contributed by atoms with Gasteiger partial charge in [0.05, 0.1) is 26.4 Å². The molecule has 1 saturated heterocycles. The maximum atomic E-state index is 12.5. The van der Waals surface area contributed by atoms with E-state index in [2.05, 4.69) is 24.5 Å². The first-order valence-corrected chi connectivity index (χ1v) is 10.2. The summed E-state index contributed by atoms with van der Waals surface area (Å²) >= 11 is 0. The molecular formula is C23H29N3O4. The van der Waals surface area contributed by atoms with Crippen LogP contribution in [0.1, 0.15) is 24.2 Å². The molecule has 2 N–H and O–H groups in total. The van der Waals surface area contributed by atoms with Crippen LogP contribution >= 0.6 is 0 Å². The smallest absolute Gasteiger partial charge is 0.254 e. The first-order chi connectivity index (χ1) is 14.5. The Balaban J connectivity index is 1.48. The molecule has 7 nitrogen and oxygen atoms in total. The molecule has 2 amide bonds. The minimum absolute atomic E-state index is 0.0163. The molecule has 30 heavy (non-hydrogen) atoms. The summed E-state index contributed by atoms with van der Waals surface area (Å²) in [5.74, 6) is 1.03. The van der Waals surface area contributed by atoms with Crippen LogP contribution in [-0.2, 0) is 9.53 Å². The quantitative estimate of drug-likeness (QED) is 0.697. The summed E-state index contributed by atoms with van der Waals surface area (Å²) < 4.78 is 11.0. The van der Waals surface area contributed by atoms with Crippen LogP contribution in [0.4, 0.5) is 11.4 Å². The lowest BCUT2D eigenvalue weighted by Crippen LogP contribution is -2.40. The lowest BCUT2D eigenvalue weighted by molar-refractivity contribution is -0.114. The summed E-state index contributed by atoms with van der Waals surface area (Å²) in [5.41, 5.74) is 2.07. The summed E-state index contributed by atoms with van der Waals surface area (Å²) in [5, 5.41) is 5.94. The third kappa shape index (κ3) is 6.49. The third-order valence-corrected chi connectivity index (χ3v) is 4.58. The average Bonchev–Trinajstić information content (AvgIpc) is 2.77. The van der Waals surface area contributed by atoms with Crippen LogP contribution in [-0.4, -0.2) is 56.2 Å². The van der Waals surface area contributed by atoms with Gasteiger partial charge in [0.2, 0.25) is 5.91 Å². The fourth-order valence-corrected chi connectivity index (χ4v) is 2.99. The number of nitrogens with zero attached hydrogens (tertiary/aromatic N) is 1. The topological polar surface area (TPSA) is 79.9 Å². The predicted molar refractivity (Wildman–Crippen MR) is 117 cm³/mol. The number of morpholine rings is 1. The van der Waals surface area contributed by atoms with Gasteiger partial charge in [-0.2, -0.15) is 0 Å². The second kappa shape index (κ2) is 10.6. The van der Waals surface area contributed by atoms with Gasteiger partial charge < -0.3 is 25.0 Å². The third-order valence-electron chi connectivity index (χ3n) is 4.58. The lowest BCUT2D eigenvalue weighted by atomic mass is 10.1. The van der Waals surface area contributed by atoms with E-state index < -0.39 is 0 Å². The number of amides is 2. The van der Waals surface area contributed by atoms with E-state index in [1.165, 1.54) is 0 Å². The number of nitrogens with one attached hydrogen (secondary N) is 2. The molecule has 2 aromatic carbocycles. The molecule has 0 saturated carbocycles. The minimum atomic E-state index is -0.171. The Morgan fingerprint density at radius 2 is 1.80 bits per heavy atom. The van der Waals surface area contributed by atoms with Crippen LogP contribution in [0.3, 0.4) is 0 Å². The number of carbonyl (C=O) groups excluding carboxylic acids is 2. The van der Waals surface area contributed by atoms with Gasteiger partial charge in [-0.25, -0.2) is 0 Å². The van der Waals surface area contributed by atoms with E-state index in [1.54, 1.807) is 29.2 Å². The Hall–Kier alpha value is -3.06. The number of hydrogen-bond acceptors (Lipinski definition) is 5. The van der Waals surface area contributed by atoms with Crippen molar-refractivity contribution >= 4 is 23.2 Å². The monoisotopic (exact) mass is 411 g/mol. The molecule has 3 rings (SSSR count). The summed E-state index contributed by atoms with van der Waals surface area (Å²) in [6.07, 6.45) is 0. The fraction of sp³-hybridized carbons (Fsp3) is 0.391. The SMILES string of the molecule is CC(C)COc1cccc(NCC(=O)Nc2ccc(C(=O)N3CCOCC3)cc2)c1. The first kappa shape index (κ1) is 21.6. The second-order valence-electron chi connectivity index (χ2n) is 7.62. The van der Waals surface area contributed by atoms with Crippen LogP contribution < -0.4 is 15.4 Å². The second-order valence-corrected chi connectivity index (χ2v) is 7.62. The Labute approximate surface area is 177 Å². The van der Waals surface area contributed by atoms with Gasteiger partial charge in [0, 0.05) is 36.1 Å². The van der Waals surface area contributed by atoms with Crippen LogP contribution in [0.5, 0.6) is 5.75 Å². The number of benzene rings is 2. The maximum Gasteiger partial charge on any atom is 0.254 e. The van der Waals surface area contributed by atoms with E-state index in [9.17, 15) is 9.59 Å². The molecule has 160 valence electrons. The van der Waals surface area contributed by atoms with E-state index in [4.69, 9.17) is 9.47 Å². The molecule has 2 aromatic rings. The van der Waals surface area contributed by atoms with Crippen molar-refractivity contribution in [2.45, 2.75) is 13.8 Å². The predicted octanol–water partition coefficient (Wildman–Crippen LogP) is 3.24. The van der Waals surface area contributed by atoms with Crippen molar-refractivity contribution in [3.8, 4) is 5.75 Å². The van der Waals surface area contributed by atoms with Crippen molar-refractivity contribution in [3.05, 3.63) is 54.1 Å². The molecule has 1 aliphatic rings. The van der Waals surface area contributed by atoms with Crippen molar-refractivity contribution < 1.29 is 19.1 Å². The van der Waals surface area contributed by atoms with Crippen molar-refractivity contribution in [1.29, 1.82) is 0 Å². The highest BCUT2D eigenvalue weighted by molar-refractivity contribution is 5.96. The van der Waals surface area contributed by atoms with E-state index in [-0.39, 0.29) is 18.4 Å². The van der Waals surface area contributed by atoms with Gasteiger partial charge in [-0.05, 0) is 42.3 Å². The van der Waals surface area contributed by atoms with Crippen LogP contribution in [0.15, 0.2) is 48.5 Å². The van der Waals surface area contributed by atoms with Crippen molar-refractivity contribution in [2.24, 2.45) is 5.92 Å². The van der Waals surface area contributed by atoms with Crippen LogP contribution in [0, 0.1) is 5.92 Å². The van der Waals surface area contributed by atoms with E-state index >= 15 is 0 Å². The van der Waals surface area contributed by atoms with E-state index in [0.29, 0.717) is 50.1 Å². The van der Waals surface area contributed by atoms with Gasteiger partial charge in [0.15, 0.2) is 0 Å². The summed E-state index contributed by atoms with van der Waals surface area (Å²) in [4.78, 5) is 26.5. The highest BCUT2D eigenvalue weighted by Crippen LogP contribution is 2.18. The zero-order chi connectivity index (χ0) is 21.3. The van der Waals surface area contributed by atoms with E-state index in [0.717, 1.165) is 11.4 Å². The van der Waals surface area contributed by atoms with Gasteiger partial charge in [-0.1, -0.05) is 19.9 Å². The van der Waals surface area contributed by atoms with Crippen molar-refractivity contribution in [1.82, 2.24) is 4.90 Å². The molecule has 1 heterocycles. The number of anilines is 2. The zero-order valence-corrected chi connectivity index (χ0v) is 17.5. The van der Waals surface area contributed by atoms with Gasteiger partial charge in [0.1, 0.15) is 5.75 Å². The van der Waals surface area contributed by atoms with Crippen LogP contribution in [0.2, 0.25) is 0 Å². The molecule has 0 bridgehead atoms. The number of carbonyl (C=O) groups is 2. The Morgan fingerprint density at radius 3 is 2.50 bits per heavy atom. The zero-order valence-electron chi connectivity index (χ0n) is 17.5. The Kier molecular flexibility index (Phi) is 7.68. The molecule has 0 radical (unpaired) electrons. The number of rotatable bonds is 8. The van der Waals surface area contributed by atoms with Crippen molar-refractivity contribution in [3.63, 3.8) is 0 Å².